The number of benzene rings is 1. The average Bonchev–Trinajstić information content (AvgIpc) is 2.69. The second-order valence-electron chi connectivity index (χ2n) is 6.60. The number of ether oxygens (including phenoxy) is 1. The molecule has 2 atom stereocenters. The monoisotopic (exact) mass is 352 g/mol. The van der Waals surface area contributed by atoms with Gasteiger partial charge in [0.1, 0.15) is 0 Å². The van der Waals surface area contributed by atoms with E-state index in [9.17, 15) is 9.59 Å². The number of amides is 1. The highest BCUT2D eigenvalue weighted by Gasteiger charge is 2.33. The van der Waals surface area contributed by atoms with Crippen molar-refractivity contribution in [3.63, 3.8) is 0 Å². The Kier molecular flexibility index (Phi) is 4.51. The van der Waals surface area contributed by atoms with Crippen LogP contribution in [-0.2, 0) is 16.0 Å². The lowest BCUT2D eigenvalue weighted by Gasteiger charge is -2.34. The molecule has 0 aliphatic carbocycles. The maximum absolute atomic E-state index is 12.6. The van der Waals surface area contributed by atoms with Gasteiger partial charge < -0.3 is 15.0 Å². The molecule has 2 aromatic rings. The summed E-state index contributed by atoms with van der Waals surface area (Å²) in [6, 6.07) is 9.02. The summed E-state index contributed by atoms with van der Waals surface area (Å²) in [5.74, 6) is -0.00638. The van der Waals surface area contributed by atoms with Gasteiger partial charge in [0.2, 0.25) is 5.95 Å². The Morgan fingerprint density at radius 3 is 2.85 bits per heavy atom. The molecule has 0 bridgehead atoms. The van der Waals surface area contributed by atoms with Crippen molar-refractivity contribution >= 4 is 17.8 Å². The fourth-order valence-electron chi connectivity index (χ4n) is 3.50. The van der Waals surface area contributed by atoms with Gasteiger partial charge in [-0.05, 0) is 30.5 Å². The number of carbonyl (C=O) groups is 2. The fourth-order valence-corrected chi connectivity index (χ4v) is 3.50. The highest BCUT2D eigenvalue weighted by molar-refractivity contribution is 5.95. The molecule has 4 rings (SSSR count). The first kappa shape index (κ1) is 16.5. The van der Waals surface area contributed by atoms with Crippen LogP contribution < -0.4 is 10.2 Å². The largest absolute Gasteiger partial charge is 0.448 e. The van der Waals surface area contributed by atoms with Gasteiger partial charge >= 0.3 is 5.97 Å². The number of cyclic esters (lactones) is 1. The number of aromatic nitrogens is 2. The number of hydrogen-bond acceptors (Lipinski definition) is 6. The molecule has 7 nitrogen and oxygen atoms in total. The number of piperidine rings is 1. The molecule has 0 radical (unpaired) electrons. The van der Waals surface area contributed by atoms with E-state index >= 15 is 0 Å². The summed E-state index contributed by atoms with van der Waals surface area (Å²) in [6.45, 7) is 1.51. The Hall–Kier alpha value is -2.96. The van der Waals surface area contributed by atoms with Crippen LogP contribution in [0.3, 0.4) is 0 Å². The van der Waals surface area contributed by atoms with Gasteiger partial charge in [-0.25, -0.2) is 14.8 Å². The number of nitrogens with one attached hydrogen (secondary N) is 1. The van der Waals surface area contributed by atoms with E-state index in [4.69, 9.17) is 4.74 Å². The lowest BCUT2D eigenvalue weighted by atomic mass is 9.98. The standard InChI is InChI=1S/C19H20N4O3/c24-17(16-11-13-5-1-2-7-15(13)18(25)26-16)22-14-6-3-10-23(12-14)19-20-8-4-9-21-19/h1-2,4-5,7-9,14,16H,3,6,10-12H2,(H,22,24). The number of hydrogen-bond donors (Lipinski definition) is 1. The van der Waals surface area contributed by atoms with Crippen molar-refractivity contribution in [2.45, 2.75) is 31.4 Å². The number of rotatable bonds is 3. The number of nitrogens with zero attached hydrogens (tertiary/aromatic N) is 3. The summed E-state index contributed by atoms with van der Waals surface area (Å²) in [5, 5.41) is 3.03. The summed E-state index contributed by atoms with van der Waals surface area (Å²) in [6.07, 6.45) is 4.88. The molecule has 1 aromatic carbocycles. The van der Waals surface area contributed by atoms with Crippen LogP contribution in [0.2, 0.25) is 0 Å². The molecule has 2 aliphatic heterocycles. The number of fused-ring (bicyclic) bond motifs is 1. The van der Waals surface area contributed by atoms with Crippen molar-refractivity contribution in [1.82, 2.24) is 15.3 Å². The van der Waals surface area contributed by atoms with E-state index in [0.29, 0.717) is 24.5 Å². The average molecular weight is 352 g/mol. The molecule has 1 N–H and O–H groups in total. The minimum absolute atomic E-state index is 0.0177. The Morgan fingerprint density at radius 2 is 2.00 bits per heavy atom. The third-order valence-electron chi connectivity index (χ3n) is 4.79. The predicted octanol–water partition coefficient (Wildman–Crippen LogP) is 1.34. The quantitative estimate of drug-likeness (QED) is 0.840. The smallest absolute Gasteiger partial charge is 0.339 e. The Balaban J connectivity index is 1.40. The number of esters is 1. The highest BCUT2D eigenvalue weighted by atomic mass is 16.5. The molecular weight excluding hydrogens is 332 g/mol. The molecule has 26 heavy (non-hydrogen) atoms. The third kappa shape index (κ3) is 3.37. The van der Waals surface area contributed by atoms with E-state index in [0.717, 1.165) is 24.9 Å². The molecule has 1 fully saturated rings. The number of carbonyl (C=O) groups excluding carboxylic acids is 2. The van der Waals surface area contributed by atoms with Crippen molar-refractivity contribution in [2.24, 2.45) is 0 Å². The molecule has 134 valence electrons. The lowest BCUT2D eigenvalue weighted by Crippen LogP contribution is -2.52. The maximum atomic E-state index is 12.6. The summed E-state index contributed by atoms with van der Waals surface area (Å²) >= 11 is 0. The molecule has 1 amide bonds. The zero-order valence-electron chi connectivity index (χ0n) is 14.3. The van der Waals surface area contributed by atoms with Crippen LogP contribution in [0.1, 0.15) is 28.8 Å². The maximum Gasteiger partial charge on any atom is 0.339 e. The normalized spacial score (nSPS) is 22.3. The molecule has 0 saturated carbocycles. The van der Waals surface area contributed by atoms with E-state index < -0.39 is 12.1 Å². The Morgan fingerprint density at radius 1 is 1.19 bits per heavy atom. The second-order valence-corrected chi connectivity index (χ2v) is 6.60. The van der Waals surface area contributed by atoms with Crippen molar-refractivity contribution in [2.75, 3.05) is 18.0 Å². The van der Waals surface area contributed by atoms with Crippen LogP contribution in [0, 0.1) is 0 Å². The summed E-state index contributed by atoms with van der Waals surface area (Å²) in [4.78, 5) is 35.3. The summed E-state index contributed by atoms with van der Waals surface area (Å²) < 4.78 is 5.34. The van der Waals surface area contributed by atoms with Gasteiger partial charge in [-0.15, -0.1) is 0 Å². The fraction of sp³-hybridized carbons (Fsp3) is 0.368. The van der Waals surface area contributed by atoms with Gasteiger partial charge in [0, 0.05) is 37.9 Å². The summed E-state index contributed by atoms with van der Waals surface area (Å²) in [5.41, 5.74) is 1.40. The van der Waals surface area contributed by atoms with Gasteiger partial charge in [-0.1, -0.05) is 18.2 Å². The van der Waals surface area contributed by atoms with Crippen LogP contribution in [-0.4, -0.2) is 47.1 Å². The molecule has 1 aromatic heterocycles. The van der Waals surface area contributed by atoms with E-state index in [-0.39, 0.29) is 11.9 Å². The lowest BCUT2D eigenvalue weighted by molar-refractivity contribution is -0.131. The Bertz CT molecular complexity index is 811. The number of anilines is 1. The Labute approximate surface area is 151 Å². The van der Waals surface area contributed by atoms with Crippen LogP contribution in [0.15, 0.2) is 42.7 Å². The van der Waals surface area contributed by atoms with Crippen molar-refractivity contribution in [1.29, 1.82) is 0 Å². The SMILES string of the molecule is O=C1OC(C(=O)NC2CCCN(c3ncccn3)C2)Cc2ccccc21. The van der Waals surface area contributed by atoms with Gasteiger partial charge in [0.25, 0.3) is 5.91 Å². The molecule has 3 heterocycles. The summed E-state index contributed by atoms with van der Waals surface area (Å²) in [7, 11) is 0. The zero-order chi connectivity index (χ0) is 17.9. The molecule has 1 saturated heterocycles. The van der Waals surface area contributed by atoms with E-state index in [2.05, 4.69) is 20.2 Å². The molecule has 0 spiro atoms. The van der Waals surface area contributed by atoms with Gasteiger partial charge in [0.05, 0.1) is 5.56 Å². The van der Waals surface area contributed by atoms with Crippen molar-refractivity contribution < 1.29 is 14.3 Å². The van der Waals surface area contributed by atoms with E-state index in [1.54, 1.807) is 30.6 Å². The molecular formula is C19H20N4O3. The van der Waals surface area contributed by atoms with Gasteiger partial charge in [0.15, 0.2) is 6.10 Å². The first-order valence-corrected chi connectivity index (χ1v) is 8.82. The van der Waals surface area contributed by atoms with Gasteiger partial charge in [-0.2, -0.15) is 0 Å². The highest BCUT2D eigenvalue weighted by Crippen LogP contribution is 2.21. The molecule has 2 unspecified atom stereocenters. The minimum Gasteiger partial charge on any atom is -0.448 e. The predicted molar refractivity (Wildman–Crippen MR) is 94.8 cm³/mol. The van der Waals surface area contributed by atoms with Crippen LogP contribution in [0.5, 0.6) is 0 Å². The third-order valence-corrected chi connectivity index (χ3v) is 4.79. The van der Waals surface area contributed by atoms with Crippen LogP contribution >= 0.6 is 0 Å². The van der Waals surface area contributed by atoms with E-state index in [1.807, 2.05) is 12.1 Å². The van der Waals surface area contributed by atoms with Crippen LogP contribution in [0.4, 0.5) is 5.95 Å². The van der Waals surface area contributed by atoms with Crippen LogP contribution in [0.25, 0.3) is 0 Å². The van der Waals surface area contributed by atoms with Crippen molar-refractivity contribution in [3.05, 3.63) is 53.9 Å². The molecule has 7 heteroatoms. The van der Waals surface area contributed by atoms with Gasteiger partial charge in [-0.3, -0.25) is 4.79 Å². The van der Waals surface area contributed by atoms with Crippen molar-refractivity contribution in [3.8, 4) is 0 Å². The minimum atomic E-state index is -0.777. The zero-order valence-corrected chi connectivity index (χ0v) is 14.3. The first-order valence-electron chi connectivity index (χ1n) is 8.82. The molecule has 2 aliphatic rings. The van der Waals surface area contributed by atoms with E-state index in [1.165, 1.54) is 0 Å². The first-order chi connectivity index (χ1) is 12.7. The topological polar surface area (TPSA) is 84.4 Å². The second kappa shape index (κ2) is 7.11.